The lowest BCUT2D eigenvalue weighted by atomic mass is 10.1. The second-order valence-electron chi connectivity index (χ2n) is 14.1. The number of para-hydroxylation sites is 3. The SMILES string of the molecule is [2H]c1cc([2H])c2c(c1)c1c([2H])c([2H])c3c4cc([2H])cc([2H])c4n(-c4ccc5c(c4)oc4ccc(-c6nc(-c7ccccc7)cc(-c7ccccc7)n6)cc45)c3c1n2-c1ccccc1. The number of fused-ring (bicyclic) bond motifs is 10. The fourth-order valence-electron chi connectivity index (χ4n) is 8.27. The van der Waals surface area contributed by atoms with Gasteiger partial charge in [-0.25, -0.2) is 9.97 Å². The number of benzene rings is 8. The second-order valence-corrected chi connectivity index (χ2v) is 14.1. The molecule has 8 aromatic carbocycles. The molecule has 4 aromatic heterocycles. The quantitative estimate of drug-likeness (QED) is 0.177. The van der Waals surface area contributed by atoms with Crippen LogP contribution in [0.1, 0.15) is 8.22 Å². The average Bonchev–Trinajstić information content (AvgIpc) is 3.96. The van der Waals surface area contributed by atoms with Crippen molar-refractivity contribution >= 4 is 65.6 Å². The molecule has 12 rings (SSSR count). The topological polar surface area (TPSA) is 48.8 Å². The maximum absolute atomic E-state index is 9.53. The summed E-state index contributed by atoms with van der Waals surface area (Å²) >= 11 is 0. The van der Waals surface area contributed by atoms with Gasteiger partial charge >= 0.3 is 0 Å². The Morgan fingerprint density at radius 1 is 0.404 bits per heavy atom. The first kappa shape index (κ1) is 26.1. The Morgan fingerprint density at radius 2 is 0.982 bits per heavy atom. The van der Waals surface area contributed by atoms with Gasteiger partial charge in [-0.15, -0.1) is 0 Å². The van der Waals surface area contributed by atoms with E-state index in [0.29, 0.717) is 66.3 Å². The molecule has 0 atom stereocenters. The maximum Gasteiger partial charge on any atom is 0.160 e. The first-order valence-corrected chi connectivity index (χ1v) is 18.7. The fraction of sp³-hybridized carbons (Fsp3) is 0. The molecule has 0 saturated carbocycles. The summed E-state index contributed by atoms with van der Waals surface area (Å²) in [6.45, 7) is 0. The maximum atomic E-state index is 9.53. The van der Waals surface area contributed by atoms with Gasteiger partial charge in [-0.2, -0.15) is 0 Å². The predicted molar refractivity (Wildman–Crippen MR) is 234 cm³/mol. The van der Waals surface area contributed by atoms with Gasteiger partial charge in [0, 0.05) is 60.8 Å². The average molecular weight is 735 g/mol. The molecule has 5 nitrogen and oxygen atoms in total. The highest BCUT2D eigenvalue weighted by molar-refractivity contribution is 6.24. The van der Waals surface area contributed by atoms with E-state index in [1.54, 1.807) is 12.1 Å². The third-order valence-electron chi connectivity index (χ3n) is 10.8. The van der Waals surface area contributed by atoms with Crippen LogP contribution >= 0.6 is 0 Å². The Morgan fingerprint density at radius 3 is 1.60 bits per heavy atom. The third-order valence-corrected chi connectivity index (χ3v) is 10.8. The van der Waals surface area contributed by atoms with Gasteiger partial charge in [-0.05, 0) is 60.6 Å². The van der Waals surface area contributed by atoms with E-state index in [9.17, 15) is 4.11 Å². The van der Waals surface area contributed by atoms with Crippen LogP contribution in [0.2, 0.25) is 0 Å². The number of hydrogen-bond acceptors (Lipinski definition) is 3. The molecular formula is C52H32N4O. The molecule has 57 heavy (non-hydrogen) atoms. The highest BCUT2D eigenvalue weighted by Crippen LogP contribution is 2.42. The van der Waals surface area contributed by atoms with Crippen LogP contribution in [0.25, 0.3) is 111 Å². The Labute approximate surface area is 335 Å². The zero-order valence-corrected chi connectivity index (χ0v) is 30.2. The number of furan rings is 1. The molecule has 12 aromatic rings. The van der Waals surface area contributed by atoms with Crippen molar-refractivity contribution in [3.63, 3.8) is 0 Å². The van der Waals surface area contributed by atoms with E-state index in [2.05, 4.69) is 6.07 Å². The Hall–Kier alpha value is -7.76. The molecule has 0 aliphatic rings. The summed E-state index contributed by atoms with van der Waals surface area (Å²) in [5, 5.41) is 3.61. The molecule has 0 aliphatic carbocycles. The van der Waals surface area contributed by atoms with Crippen molar-refractivity contribution in [2.45, 2.75) is 0 Å². The number of aromatic nitrogens is 4. The molecule has 0 saturated heterocycles. The van der Waals surface area contributed by atoms with Crippen LogP contribution in [0, 0.1) is 0 Å². The molecule has 0 radical (unpaired) electrons. The third kappa shape index (κ3) is 4.89. The van der Waals surface area contributed by atoms with Crippen molar-refractivity contribution in [2.75, 3.05) is 0 Å². The number of nitrogens with zero attached hydrogens (tertiary/aromatic N) is 4. The summed E-state index contributed by atoms with van der Waals surface area (Å²) in [7, 11) is 0. The van der Waals surface area contributed by atoms with E-state index in [1.165, 1.54) is 12.1 Å². The molecule has 0 unspecified atom stereocenters. The van der Waals surface area contributed by atoms with Gasteiger partial charge in [0.2, 0.25) is 0 Å². The Kier molecular flexibility index (Phi) is 5.67. The minimum Gasteiger partial charge on any atom is -0.456 e. The monoisotopic (exact) mass is 734 g/mol. The van der Waals surface area contributed by atoms with Crippen LogP contribution in [0.5, 0.6) is 0 Å². The Balaban J connectivity index is 1.12. The van der Waals surface area contributed by atoms with Crippen molar-refractivity contribution in [1.29, 1.82) is 0 Å². The molecule has 4 heterocycles. The summed E-state index contributed by atoms with van der Waals surface area (Å²) in [5.74, 6) is 0.580. The van der Waals surface area contributed by atoms with Crippen LogP contribution in [0.3, 0.4) is 0 Å². The largest absolute Gasteiger partial charge is 0.456 e. The lowest BCUT2D eigenvalue weighted by Crippen LogP contribution is -1.98. The van der Waals surface area contributed by atoms with Crippen LogP contribution in [0.15, 0.2) is 198 Å². The number of hydrogen-bond donors (Lipinski definition) is 0. The van der Waals surface area contributed by atoms with E-state index >= 15 is 0 Å². The van der Waals surface area contributed by atoms with Crippen molar-refractivity contribution in [1.82, 2.24) is 19.1 Å². The second kappa shape index (κ2) is 12.4. The van der Waals surface area contributed by atoms with Gasteiger partial charge < -0.3 is 13.6 Å². The normalized spacial score (nSPS) is 13.3. The van der Waals surface area contributed by atoms with Crippen LogP contribution < -0.4 is 0 Å². The summed E-state index contributed by atoms with van der Waals surface area (Å²) < 4.78 is 65.1. The standard InChI is InChI=1S/C52H32N4O/c1-4-14-33(15-5-1)44-32-45(34-16-6-2-7-17-34)54-52(53-44)35-24-29-48-43(30-35)40-26-25-37(31-49(40)57-48)56-47-23-13-11-21-39(47)42-28-27-41-38-20-10-12-22-46(38)55(50(41)51(42)56)36-18-8-3-9-19-36/h1-32H/i10D,11D,22D,23D,27D,28D. The van der Waals surface area contributed by atoms with Crippen LogP contribution in [0.4, 0.5) is 0 Å². The van der Waals surface area contributed by atoms with Crippen molar-refractivity contribution in [2.24, 2.45) is 0 Å². The smallest absolute Gasteiger partial charge is 0.160 e. The molecule has 0 bridgehead atoms. The van der Waals surface area contributed by atoms with Crippen molar-refractivity contribution < 1.29 is 12.6 Å². The summed E-state index contributed by atoms with van der Waals surface area (Å²) in [4.78, 5) is 10.1. The van der Waals surface area contributed by atoms with E-state index in [4.69, 9.17) is 18.5 Å². The molecule has 5 heteroatoms. The van der Waals surface area contributed by atoms with Crippen molar-refractivity contribution in [3.05, 3.63) is 194 Å². The lowest BCUT2D eigenvalue weighted by molar-refractivity contribution is 0.668. The fourth-order valence-corrected chi connectivity index (χ4v) is 8.27. The molecular weight excluding hydrogens is 697 g/mol. The van der Waals surface area contributed by atoms with Gasteiger partial charge in [0.15, 0.2) is 5.82 Å². The molecule has 0 aliphatic heterocycles. The van der Waals surface area contributed by atoms with Crippen LogP contribution in [-0.2, 0) is 0 Å². The minimum atomic E-state index is -0.0633. The first-order chi connectivity index (χ1) is 30.7. The first-order valence-electron chi connectivity index (χ1n) is 21.7. The van der Waals surface area contributed by atoms with E-state index in [-0.39, 0.29) is 36.3 Å². The zero-order valence-electron chi connectivity index (χ0n) is 36.2. The van der Waals surface area contributed by atoms with Crippen molar-refractivity contribution in [3.8, 4) is 45.3 Å². The summed E-state index contributed by atoms with van der Waals surface area (Å²) in [6.07, 6.45) is 0. The van der Waals surface area contributed by atoms with E-state index < -0.39 is 0 Å². The number of rotatable bonds is 5. The van der Waals surface area contributed by atoms with E-state index in [0.717, 1.165) is 44.5 Å². The van der Waals surface area contributed by atoms with Crippen LogP contribution in [-0.4, -0.2) is 19.1 Å². The summed E-state index contributed by atoms with van der Waals surface area (Å²) in [6, 6.07) is 50.2. The lowest BCUT2D eigenvalue weighted by Gasteiger charge is -2.12. The van der Waals surface area contributed by atoms with Gasteiger partial charge in [-0.3, -0.25) is 0 Å². The van der Waals surface area contributed by atoms with E-state index in [1.807, 2.05) is 137 Å². The Bertz CT molecular complexity index is 3800. The van der Waals surface area contributed by atoms with Gasteiger partial charge in [0.25, 0.3) is 0 Å². The molecule has 266 valence electrons. The van der Waals surface area contributed by atoms with Gasteiger partial charge in [-0.1, -0.05) is 127 Å². The zero-order chi connectivity index (χ0) is 42.7. The molecule has 0 N–H and O–H groups in total. The molecule has 0 amide bonds. The summed E-state index contributed by atoms with van der Waals surface area (Å²) in [5.41, 5.74) is 9.17. The molecule has 0 spiro atoms. The van der Waals surface area contributed by atoms with Gasteiger partial charge in [0.1, 0.15) is 11.2 Å². The minimum absolute atomic E-state index is 0.0548. The highest BCUT2D eigenvalue weighted by atomic mass is 16.3. The predicted octanol–water partition coefficient (Wildman–Crippen LogP) is 13.6. The highest BCUT2D eigenvalue weighted by Gasteiger charge is 2.22. The van der Waals surface area contributed by atoms with Gasteiger partial charge in [0.05, 0.1) is 47.4 Å². The molecule has 0 fully saturated rings.